The van der Waals surface area contributed by atoms with E-state index >= 15 is 0 Å². The topological polar surface area (TPSA) is 90.5 Å². The van der Waals surface area contributed by atoms with E-state index in [9.17, 15) is 9.59 Å². The van der Waals surface area contributed by atoms with E-state index in [1.165, 1.54) is 6.08 Å². The number of nitrogens with one attached hydrogen (secondary N) is 2. The van der Waals surface area contributed by atoms with Crippen LogP contribution in [0.25, 0.3) is 0 Å². The minimum Gasteiger partial charge on any atom is -0.351 e. The van der Waals surface area contributed by atoms with Crippen molar-refractivity contribution in [1.82, 2.24) is 19.8 Å². The van der Waals surface area contributed by atoms with E-state index in [4.69, 9.17) is 11.6 Å². The van der Waals surface area contributed by atoms with Gasteiger partial charge in [-0.15, -0.1) is 0 Å². The SMILES string of the molecule is Cc1cc(C(=O)N2CCC(Nc3ncc(Cl)c(Cc4ccccc4)n3)CC2)ccc1NC(=O)C=CCN(C)C. The molecule has 9 heteroatoms. The number of carbonyl (C=O) groups is 2. The molecule has 8 nitrogen and oxygen atoms in total. The third kappa shape index (κ3) is 8.12. The zero-order valence-corrected chi connectivity index (χ0v) is 23.4. The van der Waals surface area contributed by atoms with Crippen molar-refractivity contribution in [2.24, 2.45) is 0 Å². The third-order valence-electron chi connectivity index (χ3n) is 6.62. The Morgan fingerprint density at radius 1 is 1.13 bits per heavy atom. The summed E-state index contributed by atoms with van der Waals surface area (Å²) in [6.45, 7) is 3.85. The highest BCUT2D eigenvalue weighted by molar-refractivity contribution is 6.31. The van der Waals surface area contributed by atoms with Crippen LogP contribution in [0.4, 0.5) is 11.6 Å². The van der Waals surface area contributed by atoms with Gasteiger partial charge in [0, 0.05) is 49.4 Å². The van der Waals surface area contributed by atoms with Crippen LogP contribution in [0.15, 0.2) is 66.9 Å². The number of amides is 2. The highest BCUT2D eigenvalue weighted by Gasteiger charge is 2.24. The van der Waals surface area contributed by atoms with E-state index in [0.717, 1.165) is 29.7 Å². The quantitative estimate of drug-likeness (QED) is 0.375. The van der Waals surface area contributed by atoms with Crippen LogP contribution < -0.4 is 10.6 Å². The monoisotopic (exact) mass is 546 g/mol. The van der Waals surface area contributed by atoms with Crippen molar-refractivity contribution in [2.45, 2.75) is 32.2 Å². The fourth-order valence-corrected chi connectivity index (χ4v) is 4.62. The smallest absolute Gasteiger partial charge is 0.253 e. The van der Waals surface area contributed by atoms with E-state index in [1.54, 1.807) is 18.3 Å². The Morgan fingerprint density at radius 3 is 2.56 bits per heavy atom. The number of likely N-dealkylation sites (tertiary alicyclic amines) is 1. The molecule has 0 aliphatic carbocycles. The van der Waals surface area contributed by atoms with Crippen molar-refractivity contribution < 1.29 is 9.59 Å². The number of hydrogen-bond acceptors (Lipinski definition) is 6. The van der Waals surface area contributed by atoms with Crippen LogP contribution in [0.5, 0.6) is 0 Å². The first-order valence-corrected chi connectivity index (χ1v) is 13.5. The Labute approximate surface area is 235 Å². The van der Waals surface area contributed by atoms with Gasteiger partial charge < -0.3 is 20.4 Å². The molecule has 1 saturated heterocycles. The van der Waals surface area contributed by atoms with Crippen LogP contribution in [-0.2, 0) is 11.2 Å². The van der Waals surface area contributed by atoms with Crippen LogP contribution in [0.3, 0.4) is 0 Å². The van der Waals surface area contributed by atoms with Gasteiger partial charge in [0.1, 0.15) is 0 Å². The van der Waals surface area contributed by atoms with E-state index in [0.29, 0.717) is 48.3 Å². The van der Waals surface area contributed by atoms with Crippen molar-refractivity contribution in [3.63, 3.8) is 0 Å². The first kappa shape index (κ1) is 28.3. The minimum absolute atomic E-state index is 0.00630. The van der Waals surface area contributed by atoms with Crippen LogP contribution in [-0.4, -0.2) is 71.4 Å². The standard InChI is InChI=1S/C30H35ClN6O2/c1-21-18-23(11-12-26(21)34-28(38)10-7-15-36(2)3)29(39)37-16-13-24(14-17-37)33-30-32-20-25(31)27(35-30)19-22-8-5-4-6-9-22/h4-12,18,20,24H,13-17,19H2,1-3H3,(H,34,38)(H,32,33,35). The maximum absolute atomic E-state index is 13.2. The summed E-state index contributed by atoms with van der Waals surface area (Å²) in [5, 5.41) is 6.85. The number of benzene rings is 2. The van der Waals surface area contributed by atoms with Gasteiger partial charge in [-0.05, 0) is 63.2 Å². The third-order valence-corrected chi connectivity index (χ3v) is 6.93. The van der Waals surface area contributed by atoms with E-state index in [-0.39, 0.29) is 17.9 Å². The number of piperidine rings is 1. The van der Waals surface area contributed by atoms with Crippen molar-refractivity contribution in [3.8, 4) is 0 Å². The van der Waals surface area contributed by atoms with Gasteiger partial charge in [-0.3, -0.25) is 9.59 Å². The lowest BCUT2D eigenvalue weighted by molar-refractivity contribution is -0.111. The van der Waals surface area contributed by atoms with Crippen molar-refractivity contribution in [2.75, 3.05) is 44.4 Å². The lowest BCUT2D eigenvalue weighted by Crippen LogP contribution is -2.42. The molecule has 4 rings (SSSR count). The molecule has 1 aliphatic heterocycles. The molecule has 2 aromatic carbocycles. The second-order valence-corrected chi connectivity index (χ2v) is 10.5. The largest absolute Gasteiger partial charge is 0.351 e. The van der Waals surface area contributed by atoms with Gasteiger partial charge in [0.15, 0.2) is 0 Å². The number of rotatable bonds is 9. The molecule has 0 saturated carbocycles. The van der Waals surface area contributed by atoms with E-state index < -0.39 is 0 Å². The molecule has 0 radical (unpaired) electrons. The molecule has 1 aromatic heterocycles. The second-order valence-electron chi connectivity index (χ2n) is 10.0. The maximum atomic E-state index is 13.2. The molecule has 2 amide bonds. The van der Waals surface area contributed by atoms with Gasteiger partial charge in [-0.1, -0.05) is 48.0 Å². The summed E-state index contributed by atoms with van der Waals surface area (Å²) in [4.78, 5) is 38.2. The average Bonchev–Trinajstić information content (AvgIpc) is 2.92. The molecule has 0 unspecified atom stereocenters. The molecule has 1 fully saturated rings. The van der Waals surface area contributed by atoms with Gasteiger partial charge in [0.2, 0.25) is 11.9 Å². The fraction of sp³-hybridized carbons (Fsp3) is 0.333. The number of likely N-dealkylation sites (N-methyl/N-ethyl adjacent to an activating group) is 1. The summed E-state index contributed by atoms with van der Waals surface area (Å²) in [6, 6.07) is 15.6. The van der Waals surface area contributed by atoms with Crippen molar-refractivity contribution in [1.29, 1.82) is 0 Å². The summed E-state index contributed by atoms with van der Waals surface area (Å²) in [6.07, 6.45) is 7.19. The Hall–Kier alpha value is -3.75. The van der Waals surface area contributed by atoms with Crippen LogP contribution in [0, 0.1) is 6.92 Å². The number of aromatic nitrogens is 2. The van der Waals surface area contributed by atoms with Crippen molar-refractivity contribution >= 4 is 35.1 Å². The van der Waals surface area contributed by atoms with E-state index in [2.05, 4.69) is 20.6 Å². The molecule has 0 bridgehead atoms. The molecule has 3 aromatic rings. The maximum Gasteiger partial charge on any atom is 0.253 e. The molecule has 39 heavy (non-hydrogen) atoms. The van der Waals surface area contributed by atoms with Gasteiger partial charge in [-0.25, -0.2) is 9.97 Å². The van der Waals surface area contributed by atoms with Crippen molar-refractivity contribution in [3.05, 3.63) is 94.3 Å². The molecule has 0 atom stereocenters. The molecule has 2 N–H and O–H groups in total. The zero-order chi connectivity index (χ0) is 27.8. The summed E-state index contributed by atoms with van der Waals surface area (Å²) >= 11 is 6.35. The summed E-state index contributed by atoms with van der Waals surface area (Å²) in [7, 11) is 3.88. The first-order valence-electron chi connectivity index (χ1n) is 13.1. The highest BCUT2D eigenvalue weighted by atomic mass is 35.5. The predicted molar refractivity (Wildman–Crippen MR) is 156 cm³/mol. The number of anilines is 2. The van der Waals surface area contributed by atoms with Crippen LogP contribution >= 0.6 is 11.6 Å². The highest BCUT2D eigenvalue weighted by Crippen LogP contribution is 2.22. The van der Waals surface area contributed by atoms with E-state index in [1.807, 2.05) is 73.3 Å². The summed E-state index contributed by atoms with van der Waals surface area (Å²) in [5.74, 6) is 0.360. The van der Waals surface area contributed by atoms with Gasteiger partial charge in [0.25, 0.3) is 5.91 Å². The first-order chi connectivity index (χ1) is 18.8. The normalized spacial score (nSPS) is 14.1. The zero-order valence-electron chi connectivity index (χ0n) is 22.7. The Morgan fingerprint density at radius 2 is 1.87 bits per heavy atom. The number of aryl methyl sites for hydroxylation is 1. The van der Waals surface area contributed by atoms with Gasteiger partial charge in [-0.2, -0.15) is 0 Å². The predicted octanol–water partition coefficient (Wildman–Crippen LogP) is 4.80. The summed E-state index contributed by atoms with van der Waals surface area (Å²) in [5.41, 5.74) is 4.08. The number of nitrogens with zero attached hydrogens (tertiary/aromatic N) is 4. The molecule has 0 spiro atoms. The Kier molecular flexibility index (Phi) is 9.68. The molecular weight excluding hydrogens is 512 g/mol. The second kappa shape index (κ2) is 13.4. The van der Waals surface area contributed by atoms with Crippen LogP contribution in [0.1, 0.15) is 40.0 Å². The summed E-state index contributed by atoms with van der Waals surface area (Å²) < 4.78 is 0. The lowest BCUT2D eigenvalue weighted by Gasteiger charge is -2.32. The number of carbonyl (C=O) groups excluding carboxylic acids is 2. The lowest BCUT2D eigenvalue weighted by atomic mass is 10.0. The Balaban J connectivity index is 1.30. The fourth-order valence-electron chi connectivity index (χ4n) is 4.46. The molecule has 204 valence electrons. The Bertz CT molecular complexity index is 1320. The van der Waals surface area contributed by atoms with Gasteiger partial charge in [0.05, 0.1) is 16.9 Å². The van der Waals surface area contributed by atoms with Crippen LogP contribution in [0.2, 0.25) is 5.02 Å². The number of halogens is 1. The van der Waals surface area contributed by atoms with Gasteiger partial charge >= 0.3 is 0 Å². The molecular formula is C30H35ClN6O2. The minimum atomic E-state index is -0.189. The molecule has 1 aliphatic rings. The average molecular weight is 547 g/mol. The number of hydrogen-bond donors (Lipinski definition) is 2. The molecule has 2 heterocycles.